The molecular weight excluding hydrogens is 380 g/mol. The number of hydrogen-bond acceptors (Lipinski definition) is 5. The predicted molar refractivity (Wildman–Crippen MR) is 111 cm³/mol. The van der Waals surface area contributed by atoms with Gasteiger partial charge in [0, 0.05) is 25.7 Å². The highest BCUT2D eigenvalue weighted by atomic mass is 16.7. The lowest BCUT2D eigenvalue weighted by molar-refractivity contribution is -0.159. The van der Waals surface area contributed by atoms with Crippen molar-refractivity contribution in [3.05, 3.63) is 11.6 Å². The van der Waals surface area contributed by atoms with Crippen LogP contribution in [0.2, 0.25) is 0 Å². The molecule has 9 atom stereocenters. The zero-order chi connectivity index (χ0) is 21.5. The van der Waals surface area contributed by atoms with E-state index in [0.29, 0.717) is 17.8 Å². The molecule has 0 spiro atoms. The third-order valence-corrected chi connectivity index (χ3v) is 9.85. The van der Waals surface area contributed by atoms with E-state index >= 15 is 0 Å². The molecule has 5 heteroatoms. The van der Waals surface area contributed by atoms with E-state index in [2.05, 4.69) is 19.9 Å². The minimum atomic E-state index is -0.286. The third kappa shape index (κ3) is 2.63. The smallest absolute Gasteiger partial charge is 0.302 e. The van der Waals surface area contributed by atoms with Crippen LogP contribution in [0.4, 0.5) is 0 Å². The molecule has 0 aromatic carbocycles. The summed E-state index contributed by atoms with van der Waals surface area (Å²) in [4.78, 5) is 23.1. The van der Waals surface area contributed by atoms with Crippen molar-refractivity contribution < 1.29 is 23.8 Å². The summed E-state index contributed by atoms with van der Waals surface area (Å²) < 4.78 is 17.5. The van der Waals surface area contributed by atoms with E-state index in [0.717, 1.165) is 38.5 Å². The summed E-state index contributed by atoms with van der Waals surface area (Å²) in [7, 11) is 0. The molecule has 30 heavy (non-hydrogen) atoms. The van der Waals surface area contributed by atoms with Crippen LogP contribution < -0.4 is 0 Å². The lowest BCUT2D eigenvalue weighted by Gasteiger charge is -2.58. The number of rotatable bonds is 3. The Balaban J connectivity index is 1.40. The topological polar surface area (TPSA) is 65.1 Å². The summed E-state index contributed by atoms with van der Waals surface area (Å²) in [6.07, 6.45) is 10.1. The number of fused-ring (bicyclic) bond motifs is 7. The second-order valence-electron chi connectivity index (χ2n) is 11.1. The molecule has 0 radical (unpaired) electrons. The maximum Gasteiger partial charge on any atom is 0.302 e. The zero-order valence-corrected chi connectivity index (χ0v) is 19.0. The monoisotopic (exact) mass is 416 g/mol. The third-order valence-electron chi connectivity index (χ3n) is 9.85. The van der Waals surface area contributed by atoms with Gasteiger partial charge in [0.2, 0.25) is 0 Å². The Kier molecular flexibility index (Phi) is 4.50. The summed E-state index contributed by atoms with van der Waals surface area (Å²) in [5.74, 6) is 1.60. The van der Waals surface area contributed by atoms with Gasteiger partial charge in [-0.2, -0.15) is 0 Å². The average molecular weight is 417 g/mol. The fraction of sp³-hybridized carbons (Fsp3) is 0.840. The van der Waals surface area contributed by atoms with Gasteiger partial charge in [0.15, 0.2) is 0 Å². The fourth-order valence-electron chi connectivity index (χ4n) is 8.52. The molecule has 1 heterocycles. The number of esters is 2. The highest BCUT2D eigenvalue weighted by Gasteiger charge is 2.79. The first kappa shape index (κ1) is 20.5. The molecule has 0 amide bonds. The lowest BCUT2D eigenvalue weighted by atomic mass is 9.47. The molecule has 5 nitrogen and oxygen atoms in total. The number of ether oxygens (including phenoxy) is 3. The summed E-state index contributed by atoms with van der Waals surface area (Å²) in [6, 6.07) is 0. The van der Waals surface area contributed by atoms with Crippen LogP contribution in [-0.2, 0) is 23.8 Å². The van der Waals surface area contributed by atoms with E-state index in [4.69, 9.17) is 14.2 Å². The van der Waals surface area contributed by atoms with Crippen molar-refractivity contribution in [1.82, 2.24) is 0 Å². The minimum Gasteiger partial charge on any atom is -0.462 e. The molecule has 0 aromatic heterocycles. The van der Waals surface area contributed by atoms with E-state index in [1.165, 1.54) is 25.8 Å². The van der Waals surface area contributed by atoms with Crippen LogP contribution in [0.25, 0.3) is 0 Å². The number of carbonyl (C=O) groups excluding carboxylic acids is 2. The first-order chi connectivity index (χ1) is 14.1. The Labute approximate surface area is 179 Å². The van der Waals surface area contributed by atoms with Crippen molar-refractivity contribution in [3.63, 3.8) is 0 Å². The molecule has 0 N–H and O–H groups in total. The molecule has 5 aliphatic rings. The van der Waals surface area contributed by atoms with Crippen molar-refractivity contribution in [2.24, 2.45) is 28.6 Å². The van der Waals surface area contributed by atoms with Gasteiger partial charge in [-0.3, -0.25) is 9.59 Å². The molecule has 3 saturated carbocycles. The van der Waals surface area contributed by atoms with E-state index in [1.807, 2.05) is 6.92 Å². The standard InChI is InChI=1S/C25H36O5/c1-14(28-15(2)26)25-22(30-25)13-21-19-7-6-17-12-18(29-16(3)27)8-10-23(17,4)20(19)9-11-24(21,25)5/h6,14,18-22H,7-13H2,1-5H3/t14-,18+,19+,20-,21-,22-,23+,24+,25-/m0/s1. The predicted octanol–water partition coefficient (Wildman–Crippen LogP) is 4.58. The summed E-state index contributed by atoms with van der Waals surface area (Å²) >= 11 is 0. The number of epoxide rings is 1. The van der Waals surface area contributed by atoms with Gasteiger partial charge in [-0.25, -0.2) is 0 Å². The SMILES string of the molecule is CC(=O)O[C@@H]1CC[C@]2(C)C(=CC[C@@H]3[C@@H]2CC[C@]2(C)[C@H]3C[C@@H]3O[C@@]32[C@H](C)OC(C)=O)C1. The highest BCUT2D eigenvalue weighted by molar-refractivity contribution is 5.66. The van der Waals surface area contributed by atoms with Crippen LogP contribution in [0.15, 0.2) is 11.6 Å². The van der Waals surface area contributed by atoms with Crippen molar-refractivity contribution >= 4 is 11.9 Å². The van der Waals surface area contributed by atoms with Crippen LogP contribution in [0, 0.1) is 28.6 Å². The molecule has 1 saturated heterocycles. The first-order valence-electron chi connectivity index (χ1n) is 11.8. The van der Waals surface area contributed by atoms with E-state index < -0.39 is 0 Å². The van der Waals surface area contributed by atoms with Gasteiger partial charge in [-0.15, -0.1) is 0 Å². The first-order valence-corrected chi connectivity index (χ1v) is 11.8. The van der Waals surface area contributed by atoms with Crippen molar-refractivity contribution in [2.45, 2.75) is 103 Å². The van der Waals surface area contributed by atoms with Gasteiger partial charge < -0.3 is 14.2 Å². The van der Waals surface area contributed by atoms with Gasteiger partial charge >= 0.3 is 11.9 Å². The molecule has 0 bridgehead atoms. The maximum atomic E-state index is 11.6. The Morgan fingerprint density at radius 1 is 1.13 bits per heavy atom. The number of carbonyl (C=O) groups is 2. The number of hydrogen-bond donors (Lipinski definition) is 0. The molecule has 5 rings (SSSR count). The van der Waals surface area contributed by atoms with Crippen LogP contribution in [-0.4, -0.2) is 35.9 Å². The minimum absolute atomic E-state index is 0.0487. The molecular formula is C25H36O5. The van der Waals surface area contributed by atoms with Gasteiger partial charge in [0.1, 0.15) is 17.8 Å². The van der Waals surface area contributed by atoms with Gasteiger partial charge in [0.25, 0.3) is 0 Å². The van der Waals surface area contributed by atoms with Gasteiger partial charge in [0.05, 0.1) is 6.10 Å². The Morgan fingerprint density at radius 3 is 2.60 bits per heavy atom. The molecule has 4 fully saturated rings. The van der Waals surface area contributed by atoms with Gasteiger partial charge in [-0.05, 0) is 68.6 Å². The average Bonchev–Trinajstić information content (AvgIpc) is 3.33. The van der Waals surface area contributed by atoms with Crippen LogP contribution in [0.3, 0.4) is 0 Å². The van der Waals surface area contributed by atoms with Crippen LogP contribution in [0.1, 0.15) is 79.6 Å². The summed E-state index contributed by atoms with van der Waals surface area (Å²) in [5.41, 5.74) is 1.53. The van der Waals surface area contributed by atoms with Crippen molar-refractivity contribution in [2.75, 3.05) is 0 Å². The second-order valence-corrected chi connectivity index (χ2v) is 11.1. The Morgan fingerprint density at radius 2 is 1.90 bits per heavy atom. The van der Waals surface area contributed by atoms with Crippen molar-refractivity contribution in [1.29, 1.82) is 0 Å². The fourth-order valence-corrected chi connectivity index (χ4v) is 8.52. The Hall–Kier alpha value is -1.36. The van der Waals surface area contributed by atoms with E-state index in [9.17, 15) is 9.59 Å². The Bertz CT molecular complexity index is 803. The molecule has 1 aliphatic heterocycles. The largest absolute Gasteiger partial charge is 0.462 e. The molecule has 4 aliphatic carbocycles. The lowest BCUT2D eigenvalue weighted by Crippen LogP contribution is -2.55. The van der Waals surface area contributed by atoms with Crippen LogP contribution >= 0.6 is 0 Å². The second kappa shape index (κ2) is 6.57. The van der Waals surface area contributed by atoms with Gasteiger partial charge in [-0.1, -0.05) is 25.5 Å². The molecule has 166 valence electrons. The quantitative estimate of drug-likeness (QED) is 0.383. The number of allylic oxidation sites excluding steroid dienone is 1. The molecule has 0 unspecified atom stereocenters. The maximum absolute atomic E-state index is 11.6. The highest BCUT2D eigenvalue weighted by Crippen LogP contribution is 2.74. The molecule has 0 aromatic rings. The van der Waals surface area contributed by atoms with Crippen molar-refractivity contribution in [3.8, 4) is 0 Å². The van der Waals surface area contributed by atoms with Crippen LogP contribution in [0.5, 0.6) is 0 Å². The summed E-state index contributed by atoms with van der Waals surface area (Å²) in [5, 5.41) is 0. The van der Waals surface area contributed by atoms with E-state index in [1.54, 1.807) is 0 Å². The zero-order valence-electron chi connectivity index (χ0n) is 19.0. The van der Waals surface area contributed by atoms with E-state index in [-0.39, 0.29) is 46.7 Å². The normalized spacial score (nSPS) is 49.5. The summed E-state index contributed by atoms with van der Waals surface area (Å²) in [6.45, 7) is 9.90.